The van der Waals surface area contributed by atoms with Crippen LogP contribution < -0.4 is 4.72 Å². The van der Waals surface area contributed by atoms with Crippen molar-refractivity contribution in [2.75, 3.05) is 6.54 Å². The molecule has 4 heteroatoms. The van der Waals surface area contributed by atoms with Crippen LogP contribution in [-0.2, 0) is 15.4 Å². The first-order valence-electron chi connectivity index (χ1n) is 6.48. The first-order chi connectivity index (χ1) is 8.77. The van der Waals surface area contributed by atoms with Gasteiger partial charge >= 0.3 is 0 Å². The molecule has 0 aliphatic heterocycles. The molecule has 3 nitrogen and oxygen atoms in total. The Labute approximate surface area is 116 Å². The van der Waals surface area contributed by atoms with Crippen molar-refractivity contribution in [3.63, 3.8) is 0 Å². The number of unbranched alkanes of at least 4 members (excludes halogenated alkanes) is 1. The van der Waals surface area contributed by atoms with Crippen molar-refractivity contribution in [3.8, 4) is 0 Å². The summed E-state index contributed by atoms with van der Waals surface area (Å²) in [7, 11) is -3.39. The van der Waals surface area contributed by atoms with Crippen LogP contribution in [0.5, 0.6) is 0 Å². The molecule has 0 bridgehead atoms. The van der Waals surface area contributed by atoms with E-state index in [1.54, 1.807) is 18.2 Å². The Morgan fingerprint density at radius 2 is 1.79 bits per heavy atom. The van der Waals surface area contributed by atoms with Gasteiger partial charge in [-0.25, -0.2) is 13.1 Å². The van der Waals surface area contributed by atoms with Crippen molar-refractivity contribution in [2.45, 2.75) is 43.9 Å². The molecule has 0 saturated carbocycles. The fraction of sp³-hybridized carbons (Fsp3) is 0.467. The lowest BCUT2D eigenvalue weighted by molar-refractivity contribution is 0.576. The molecule has 1 rings (SSSR count). The number of sulfonamides is 1. The highest BCUT2D eigenvalue weighted by Gasteiger charge is 2.16. The molecule has 106 valence electrons. The van der Waals surface area contributed by atoms with Crippen LogP contribution in [0.1, 0.15) is 39.2 Å². The van der Waals surface area contributed by atoms with Gasteiger partial charge in [0, 0.05) is 6.54 Å². The Morgan fingerprint density at radius 3 is 2.26 bits per heavy atom. The predicted molar refractivity (Wildman–Crippen MR) is 79.8 cm³/mol. The lowest BCUT2D eigenvalue weighted by Crippen LogP contribution is -2.24. The molecule has 19 heavy (non-hydrogen) atoms. The second-order valence-electron chi connectivity index (χ2n) is 5.60. The van der Waals surface area contributed by atoms with Crippen molar-refractivity contribution < 1.29 is 8.42 Å². The Morgan fingerprint density at radius 1 is 1.21 bits per heavy atom. The van der Waals surface area contributed by atoms with E-state index in [2.05, 4.69) is 32.1 Å². The smallest absolute Gasteiger partial charge is 0.211 e. The molecular formula is C15H23NO2S. The summed E-state index contributed by atoms with van der Waals surface area (Å²) in [4.78, 5) is 0.319. The molecule has 0 saturated heterocycles. The van der Waals surface area contributed by atoms with Crippen LogP contribution in [0, 0.1) is 0 Å². The molecule has 0 aromatic heterocycles. The highest BCUT2D eigenvalue weighted by atomic mass is 32.2. The zero-order valence-corrected chi connectivity index (χ0v) is 12.8. The number of hydrogen-bond donors (Lipinski definition) is 1. The number of nitrogens with one attached hydrogen (secondary N) is 1. The van der Waals surface area contributed by atoms with Crippen molar-refractivity contribution >= 4 is 10.0 Å². The number of hydrogen-bond acceptors (Lipinski definition) is 2. The van der Waals surface area contributed by atoms with Gasteiger partial charge in [0.1, 0.15) is 0 Å². The van der Waals surface area contributed by atoms with Gasteiger partial charge in [0.2, 0.25) is 10.0 Å². The summed E-state index contributed by atoms with van der Waals surface area (Å²) >= 11 is 0. The third-order valence-electron chi connectivity index (χ3n) is 2.91. The molecule has 1 aromatic rings. The minimum absolute atomic E-state index is 0.0275. The van der Waals surface area contributed by atoms with Gasteiger partial charge in [-0.05, 0) is 36.0 Å². The van der Waals surface area contributed by atoms with E-state index in [1.807, 2.05) is 12.1 Å². The maximum absolute atomic E-state index is 12.0. The molecule has 0 unspecified atom stereocenters. The lowest BCUT2D eigenvalue weighted by atomic mass is 9.87. The summed E-state index contributed by atoms with van der Waals surface area (Å²) < 4.78 is 26.6. The lowest BCUT2D eigenvalue weighted by Gasteiger charge is -2.19. The fourth-order valence-electron chi connectivity index (χ4n) is 1.67. The normalized spacial score (nSPS) is 12.4. The first kappa shape index (κ1) is 15.9. The highest BCUT2D eigenvalue weighted by molar-refractivity contribution is 7.89. The second-order valence-corrected chi connectivity index (χ2v) is 7.37. The number of allylic oxidation sites excluding steroid dienone is 1. The summed E-state index contributed by atoms with van der Waals surface area (Å²) in [5.41, 5.74) is 1.15. The van der Waals surface area contributed by atoms with Gasteiger partial charge in [0.05, 0.1) is 4.90 Å². The van der Waals surface area contributed by atoms with Crippen LogP contribution >= 0.6 is 0 Å². The Hall–Kier alpha value is -1.13. The van der Waals surface area contributed by atoms with E-state index in [-0.39, 0.29) is 5.41 Å². The fourth-order valence-corrected chi connectivity index (χ4v) is 2.74. The summed E-state index contributed by atoms with van der Waals surface area (Å²) in [6, 6.07) is 7.07. The first-order valence-corrected chi connectivity index (χ1v) is 7.97. The van der Waals surface area contributed by atoms with E-state index < -0.39 is 10.0 Å². The van der Waals surface area contributed by atoms with E-state index in [0.29, 0.717) is 11.4 Å². The minimum atomic E-state index is -3.39. The van der Waals surface area contributed by atoms with E-state index in [1.165, 1.54) is 0 Å². The van der Waals surface area contributed by atoms with Crippen LogP contribution in [0.3, 0.4) is 0 Å². The van der Waals surface area contributed by atoms with Gasteiger partial charge in [-0.1, -0.05) is 39.0 Å². The van der Waals surface area contributed by atoms with Crippen LogP contribution in [0.25, 0.3) is 0 Å². The number of rotatable bonds is 6. The average Bonchev–Trinajstić information content (AvgIpc) is 2.34. The summed E-state index contributed by atoms with van der Waals surface area (Å²) in [5.74, 6) is 0. The molecule has 0 fully saturated rings. The monoisotopic (exact) mass is 281 g/mol. The van der Waals surface area contributed by atoms with Crippen LogP contribution in [0.4, 0.5) is 0 Å². The van der Waals surface area contributed by atoms with Crippen molar-refractivity contribution in [1.29, 1.82) is 0 Å². The zero-order chi connectivity index (χ0) is 14.5. The molecule has 1 aromatic carbocycles. The Kier molecular flexibility index (Phi) is 5.32. The Bertz CT molecular complexity index is 510. The van der Waals surface area contributed by atoms with E-state index >= 15 is 0 Å². The van der Waals surface area contributed by atoms with Crippen molar-refractivity contribution in [2.24, 2.45) is 0 Å². The predicted octanol–water partition coefficient (Wildman–Crippen LogP) is 3.23. The van der Waals surface area contributed by atoms with Crippen LogP contribution in [0.2, 0.25) is 0 Å². The third-order valence-corrected chi connectivity index (χ3v) is 4.38. The molecule has 0 radical (unpaired) electrons. The van der Waals surface area contributed by atoms with Gasteiger partial charge < -0.3 is 0 Å². The maximum atomic E-state index is 12.0. The van der Waals surface area contributed by atoms with Crippen LogP contribution in [-0.4, -0.2) is 15.0 Å². The summed E-state index contributed by atoms with van der Waals surface area (Å²) in [6.07, 6.45) is 3.36. The van der Waals surface area contributed by atoms with Crippen LogP contribution in [0.15, 0.2) is 41.8 Å². The molecule has 0 aliphatic carbocycles. The third kappa shape index (κ3) is 4.80. The topological polar surface area (TPSA) is 46.2 Å². The van der Waals surface area contributed by atoms with Crippen molar-refractivity contribution in [1.82, 2.24) is 4.72 Å². The molecule has 0 heterocycles. The van der Waals surface area contributed by atoms with Gasteiger partial charge in [-0.2, -0.15) is 0 Å². The molecule has 0 aliphatic rings. The average molecular weight is 281 g/mol. The molecule has 1 N–H and O–H groups in total. The van der Waals surface area contributed by atoms with Gasteiger partial charge in [-0.3, -0.25) is 0 Å². The second kappa shape index (κ2) is 6.35. The molecular weight excluding hydrogens is 258 g/mol. The standard InChI is InChI=1S/C15H23NO2S/c1-5-6-7-12-16-19(17,18)14-10-8-13(9-11-14)15(2,3)4/h5,8-11,16H,1,6-7,12H2,2-4H3. The highest BCUT2D eigenvalue weighted by Crippen LogP contribution is 2.23. The van der Waals surface area contributed by atoms with Gasteiger partial charge in [0.15, 0.2) is 0 Å². The SMILES string of the molecule is C=CCCCNS(=O)(=O)c1ccc(C(C)(C)C)cc1. The summed E-state index contributed by atoms with van der Waals surface area (Å²) in [6.45, 7) is 10.4. The van der Waals surface area contributed by atoms with E-state index in [9.17, 15) is 8.42 Å². The van der Waals surface area contributed by atoms with E-state index in [0.717, 1.165) is 18.4 Å². The number of benzene rings is 1. The van der Waals surface area contributed by atoms with Gasteiger partial charge in [-0.15, -0.1) is 6.58 Å². The van der Waals surface area contributed by atoms with E-state index in [4.69, 9.17) is 0 Å². The van der Waals surface area contributed by atoms with Crippen molar-refractivity contribution in [3.05, 3.63) is 42.5 Å². The zero-order valence-electron chi connectivity index (χ0n) is 11.9. The molecule has 0 spiro atoms. The van der Waals surface area contributed by atoms with Gasteiger partial charge in [0.25, 0.3) is 0 Å². The quantitative estimate of drug-likeness (QED) is 0.643. The minimum Gasteiger partial charge on any atom is -0.211 e. The largest absolute Gasteiger partial charge is 0.240 e. The molecule has 0 atom stereocenters. The Balaban J connectivity index is 2.76. The molecule has 0 amide bonds. The summed E-state index contributed by atoms with van der Waals surface area (Å²) in [5, 5.41) is 0. The maximum Gasteiger partial charge on any atom is 0.240 e.